The molecule has 0 saturated carbocycles. The molecule has 5 heteroatoms. The molecular formula is C18H28N2O3. The summed E-state index contributed by atoms with van der Waals surface area (Å²) in [7, 11) is 0. The lowest BCUT2D eigenvalue weighted by atomic mass is 10.0. The van der Waals surface area contributed by atoms with Crippen LogP contribution >= 0.6 is 0 Å². The van der Waals surface area contributed by atoms with Gasteiger partial charge in [0, 0.05) is 25.7 Å². The summed E-state index contributed by atoms with van der Waals surface area (Å²) in [5.41, 5.74) is 1.70. The number of likely N-dealkylation sites (tertiary alicyclic amines) is 1. The predicted molar refractivity (Wildman–Crippen MR) is 90.0 cm³/mol. The first-order valence-corrected chi connectivity index (χ1v) is 8.27. The Morgan fingerprint density at radius 2 is 1.78 bits per heavy atom. The fourth-order valence-electron chi connectivity index (χ4n) is 2.62. The number of rotatable bonds is 4. The van der Waals surface area contributed by atoms with Crippen LogP contribution in [-0.2, 0) is 17.9 Å². The zero-order chi connectivity index (χ0) is 16.9. The van der Waals surface area contributed by atoms with Crippen LogP contribution in [0.5, 0.6) is 0 Å². The van der Waals surface area contributed by atoms with E-state index in [0.717, 1.165) is 38.0 Å². The van der Waals surface area contributed by atoms with E-state index in [2.05, 4.69) is 5.32 Å². The van der Waals surface area contributed by atoms with Crippen LogP contribution in [-0.4, -0.2) is 40.8 Å². The zero-order valence-electron chi connectivity index (χ0n) is 14.3. The molecule has 1 saturated heterocycles. The minimum absolute atomic E-state index is 0.0802. The molecule has 0 unspecified atom stereocenters. The summed E-state index contributed by atoms with van der Waals surface area (Å²) in [5, 5.41) is 12.6. The van der Waals surface area contributed by atoms with Crippen molar-refractivity contribution >= 4 is 6.09 Å². The van der Waals surface area contributed by atoms with Gasteiger partial charge < -0.3 is 20.1 Å². The highest BCUT2D eigenvalue weighted by Gasteiger charge is 2.26. The third-order valence-electron chi connectivity index (χ3n) is 3.95. The number of carbonyl (C=O) groups excluding carboxylic acids is 1. The van der Waals surface area contributed by atoms with Crippen molar-refractivity contribution in [2.24, 2.45) is 0 Å². The van der Waals surface area contributed by atoms with Crippen molar-refractivity contribution in [1.29, 1.82) is 0 Å². The number of amides is 1. The fourth-order valence-corrected chi connectivity index (χ4v) is 2.62. The third-order valence-corrected chi connectivity index (χ3v) is 3.95. The SMILES string of the molecule is CC(C)(C)OC(=O)N1CCC(NCc2ccc(CO)cc2)CC1. The highest BCUT2D eigenvalue weighted by molar-refractivity contribution is 5.68. The molecule has 1 fully saturated rings. The normalized spacial score (nSPS) is 16.4. The number of aliphatic hydroxyl groups excluding tert-OH is 1. The number of piperidine rings is 1. The molecule has 0 aliphatic carbocycles. The second kappa shape index (κ2) is 7.79. The first-order valence-electron chi connectivity index (χ1n) is 8.27. The van der Waals surface area contributed by atoms with Crippen LogP contribution in [0.15, 0.2) is 24.3 Å². The molecule has 0 aromatic heterocycles. The Morgan fingerprint density at radius 3 is 2.30 bits per heavy atom. The van der Waals surface area contributed by atoms with Crippen molar-refractivity contribution in [3.8, 4) is 0 Å². The Kier molecular flexibility index (Phi) is 6.02. The van der Waals surface area contributed by atoms with Gasteiger partial charge in [-0.1, -0.05) is 24.3 Å². The highest BCUT2D eigenvalue weighted by Crippen LogP contribution is 2.16. The first kappa shape index (κ1) is 17.8. The molecule has 0 radical (unpaired) electrons. The zero-order valence-corrected chi connectivity index (χ0v) is 14.3. The topological polar surface area (TPSA) is 61.8 Å². The molecular weight excluding hydrogens is 292 g/mol. The summed E-state index contributed by atoms with van der Waals surface area (Å²) in [6, 6.07) is 8.39. The van der Waals surface area contributed by atoms with Crippen molar-refractivity contribution in [3.05, 3.63) is 35.4 Å². The molecule has 1 heterocycles. The smallest absolute Gasteiger partial charge is 0.410 e. The van der Waals surface area contributed by atoms with E-state index in [9.17, 15) is 4.79 Å². The van der Waals surface area contributed by atoms with Gasteiger partial charge >= 0.3 is 6.09 Å². The molecule has 1 aliphatic heterocycles. The van der Waals surface area contributed by atoms with E-state index in [1.807, 2.05) is 45.0 Å². The van der Waals surface area contributed by atoms with E-state index in [0.29, 0.717) is 6.04 Å². The number of nitrogens with one attached hydrogen (secondary N) is 1. The molecule has 2 rings (SSSR count). The lowest BCUT2D eigenvalue weighted by Crippen LogP contribution is -2.46. The quantitative estimate of drug-likeness (QED) is 0.895. The fraction of sp³-hybridized carbons (Fsp3) is 0.611. The molecule has 128 valence electrons. The Hall–Kier alpha value is -1.59. The van der Waals surface area contributed by atoms with Gasteiger partial charge in [0.15, 0.2) is 0 Å². The maximum atomic E-state index is 12.0. The van der Waals surface area contributed by atoms with Crippen LogP contribution in [0.25, 0.3) is 0 Å². The number of aliphatic hydroxyl groups is 1. The monoisotopic (exact) mass is 320 g/mol. The van der Waals surface area contributed by atoms with Gasteiger partial charge in [0.2, 0.25) is 0 Å². The molecule has 0 spiro atoms. The van der Waals surface area contributed by atoms with Crippen molar-refractivity contribution < 1.29 is 14.6 Å². The maximum Gasteiger partial charge on any atom is 0.410 e. The summed E-state index contributed by atoms with van der Waals surface area (Å²) >= 11 is 0. The summed E-state index contributed by atoms with van der Waals surface area (Å²) in [6.45, 7) is 8.02. The average Bonchev–Trinajstić information content (AvgIpc) is 2.52. The lowest BCUT2D eigenvalue weighted by Gasteiger charge is -2.33. The molecule has 1 aromatic carbocycles. The predicted octanol–water partition coefficient (Wildman–Crippen LogP) is 2.67. The van der Waals surface area contributed by atoms with Crippen molar-refractivity contribution in [2.45, 2.75) is 58.4 Å². The minimum atomic E-state index is -0.438. The standard InChI is InChI=1S/C18H28N2O3/c1-18(2,3)23-17(22)20-10-8-16(9-11-20)19-12-14-4-6-15(13-21)7-5-14/h4-7,16,19,21H,8-13H2,1-3H3. The average molecular weight is 320 g/mol. The van der Waals surface area contributed by atoms with Crippen LogP contribution in [0.1, 0.15) is 44.7 Å². The minimum Gasteiger partial charge on any atom is -0.444 e. The molecule has 1 amide bonds. The van der Waals surface area contributed by atoms with Crippen molar-refractivity contribution in [2.75, 3.05) is 13.1 Å². The van der Waals surface area contributed by atoms with Gasteiger partial charge in [-0.25, -0.2) is 4.79 Å². The summed E-state index contributed by atoms with van der Waals surface area (Å²) < 4.78 is 5.41. The van der Waals surface area contributed by atoms with Gasteiger partial charge in [0.05, 0.1) is 6.61 Å². The van der Waals surface area contributed by atoms with E-state index in [1.165, 1.54) is 5.56 Å². The largest absolute Gasteiger partial charge is 0.444 e. The van der Waals surface area contributed by atoms with E-state index < -0.39 is 5.60 Å². The first-order chi connectivity index (χ1) is 10.9. The van der Waals surface area contributed by atoms with E-state index in [4.69, 9.17) is 9.84 Å². The van der Waals surface area contributed by atoms with Crippen molar-refractivity contribution in [3.63, 3.8) is 0 Å². The van der Waals surface area contributed by atoms with Gasteiger partial charge in [0.25, 0.3) is 0 Å². The molecule has 5 nitrogen and oxygen atoms in total. The molecule has 2 N–H and O–H groups in total. The molecule has 0 atom stereocenters. The number of carbonyl (C=O) groups is 1. The second-order valence-electron chi connectivity index (χ2n) is 7.10. The van der Waals surface area contributed by atoms with Crippen LogP contribution in [0.3, 0.4) is 0 Å². The number of ether oxygens (including phenoxy) is 1. The third kappa shape index (κ3) is 5.84. The number of hydrogen-bond donors (Lipinski definition) is 2. The van der Waals surface area contributed by atoms with Gasteiger partial charge in [-0.3, -0.25) is 0 Å². The Labute approximate surface area is 138 Å². The van der Waals surface area contributed by atoms with Crippen LogP contribution in [0.4, 0.5) is 4.79 Å². The lowest BCUT2D eigenvalue weighted by molar-refractivity contribution is 0.0198. The van der Waals surface area contributed by atoms with Gasteiger partial charge in [-0.2, -0.15) is 0 Å². The number of nitrogens with zero attached hydrogens (tertiary/aromatic N) is 1. The van der Waals surface area contributed by atoms with E-state index in [1.54, 1.807) is 4.90 Å². The molecule has 1 aliphatic rings. The van der Waals surface area contributed by atoms with Gasteiger partial charge in [-0.05, 0) is 44.7 Å². The summed E-state index contributed by atoms with van der Waals surface area (Å²) in [6.07, 6.45) is 1.66. The highest BCUT2D eigenvalue weighted by atomic mass is 16.6. The summed E-state index contributed by atoms with van der Waals surface area (Å²) in [4.78, 5) is 13.8. The number of hydrogen-bond acceptors (Lipinski definition) is 4. The Morgan fingerprint density at radius 1 is 1.22 bits per heavy atom. The Balaban J connectivity index is 1.73. The van der Waals surface area contributed by atoms with Crippen LogP contribution in [0.2, 0.25) is 0 Å². The molecule has 23 heavy (non-hydrogen) atoms. The summed E-state index contributed by atoms with van der Waals surface area (Å²) in [5.74, 6) is 0. The van der Waals surface area contributed by atoms with Crippen LogP contribution < -0.4 is 5.32 Å². The van der Waals surface area contributed by atoms with Gasteiger partial charge in [0.1, 0.15) is 5.60 Å². The molecule has 1 aromatic rings. The maximum absolute atomic E-state index is 12.0. The van der Waals surface area contributed by atoms with Crippen LogP contribution in [0, 0.1) is 0 Å². The van der Waals surface area contributed by atoms with E-state index in [-0.39, 0.29) is 12.7 Å². The molecule has 0 bridgehead atoms. The van der Waals surface area contributed by atoms with Crippen molar-refractivity contribution in [1.82, 2.24) is 10.2 Å². The number of benzene rings is 1. The van der Waals surface area contributed by atoms with E-state index >= 15 is 0 Å². The second-order valence-corrected chi connectivity index (χ2v) is 7.10. The van der Waals surface area contributed by atoms with Gasteiger partial charge in [-0.15, -0.1) is 0 Å². The Bertz CT molecular complexity index is 500.